The lowest BCUT2D eigenvalue weighted by atomic mass is 10.1. The summed E-state index contributed by atoms with van der Waals surface area (Å²) in [4.78, 5) is 4.67. The first-order chi connectivity index (χ1) is 7.67. The number of unbranched alkanes of at least 4 members (excludes halogenated alkanes) is 1. The quantitative estimate of drug-likeness (QED) is 0.618. The third-order valence-electron chi connectivity index (χ3n) is 2.67. The Labute approximate surface area is 98.9 Å². The molecule has 0 amide bonds. The van der Waals surface area contributed by atoms with Crippen LogP contribution in [0.15, 0.2) is 29.8 Å². The molecule has 86 valence electrons. The Morgan fingerprint density at radius 1 is 1.44 bits per heavy atom. The summed E-state index contributed by atoms with van der Waals surface area (Å²) in [5, 5.41) is 0. The summed E-state index contributed by atoms with van der Waals surface area (Å²) in [6.07, 6.45) is 5.39. The van der Waals surface area contributed by atoms with E-state index in [2.05, 4.69) is 50.5 Å². The molecule has 1 aromatic rings. The molecule has 16 heavy (non-hydrogen) atoms. The first-order valence-corrected chi connectivity index (χ1v) is 5.94. The van der Waals surface area contributed by atoms with E-state index in [-0.39, 0.29) is 0 Å². The van der Waals surface area contributed by atoms with E-state index in [1.807, 2.05) is 6.08 Å². The first kappa shape index (κ1) is 12.7. The van der Waals surface area contributed by atoms with E-state index >= 15 is 0 Å². The van der Waals surface area contributed by atoms with Crippen molar-refractivity contribution in [1.29, 1.82) is 0 Å². The van der Waals surface area contributed by atoms with E-state index in [0.29, 0.717) is 0 Å². The zero-order valence-electron chi connectivity index (χ0n) is 10.6. The van der Waals surface area contributed by atoms with Gasteiger partial charge in [0.1, 0.15) is 0 Å². The minimum absolute atomic E-state index is 1.08. The summed E-state index contributed by atoms with van der Waals surface area (Å²) in [6.45, 7) is 10.2. The summed E-state index contributed by atoms with van der Waals surface area (Å²) >= 11 is 0. The molecule has 1 rings (SSSR count). The van der Waals surface area contributed by atoms with Crippen molar-refractivity contribution in [3.05, 3.63) is 35.9 Å². The maximum Gasteiger partial charge on any atom is 0.0663 e. The molecule has 1 nitrogen and oxygen atoms in total. The molecule has 1 aromatic carbocycles. The Balaban J connectivity index is 2.90. The average molecular weight is 215 g/mol. The largest absolute Gasteiger partial charge is 0.258 e. The molecule has 0 unspecified atom stereocenters. The number of hydrogen-bond acceptors (Lipinski definition) is 1. The predicted octanol–water partition coefficient (Wildman–Crippen LogP) is 4.92. The zero-order chi connectivity index (χ0) is 12.0. The fourth-order valence-electron chi connectivity index (χ4n) is 1.57. The molecule has 0 aliphatic rings. The molecular weight excluding hydrogens is 194 g/mol. The Morgan fingerprint density at radius 2 is 2.19 bits per heavy atom. The highest BCUT2D eigenvalue weighted by molar-refractivity contribution is 5.85. The first-order valence-electron chi connectivity index (χ1n) is 5.94. The van der Waals surface area contributed by atoms with Crippen LogP contribution in [0.1, 0.15) is 44.2 Å². The van der Waals surface area contributed by atoms with Crippen molar-refractivity contribution in [3.63, 3.8) is 0 Å². The van der Waals surface area contributed by atoms with Gasteiger partial charge in [0.15, 0.2) is 0 Å². The topological polar surface area (TPSA) is 12.4 Å². The van der Waals surface area contributed by atoms with Gasteiger partial charge in [-0.05, 0) is 43.9 Å². The van der Waals surface area contributed by atoms with Gasteiger partial charge in [0, 0.05) is 5.71 Å². The maximum absolute atomic E-state index is 4.67. The van der Waals surface area contributed by atoms with Crippen molar-refractivity contribution < 1.29 is 0 Å². The van der Waals surface area contributed by atoms with Gasteiger partial charge in [-0.3, -0.25) is 4.99 Å². The molecule has 0 heterocycles. The van der Waals surface area contributed by atoms with Crippen LogP contribution in [0.2, 0.25) is 0 Å². The van der Waals surface area contributed by atoms with Crippen LogP contribution in [0.25, 0.3) is 6.08 Å². The molecule has 1 heteroatoms. The number of rotatable bonds is 5. The lowest BCUT2D eigenvalue weighted by molar-refractivity contribution is 0.833. The van der Waals surface area contributed by atoms with Crippen molar-refractivity contribution in [2.75, 3.05) is 0 Å². The van der Waals surface area contributed by atoms with E-state index in [9.17, 15) is 0 Å². The van der Waals surface area contributed by atoms with Gasteiger partial charge in [0.25, 0.3) is 0 Å². The van der Waals surface area contributed by atoms with E-state index in [4.69, 9.17) is 0 Å². The molecule has 0 N–H and O–H groups in total. The van der Waals surface area contributed by atoms with Crippen LogP contribution in [-0.2, 0) is 0 Å². The van der Waals surface area contributed by atoms with E-state index < -0.39 is 0 Å². The molecule has 0 atom stereocenters. The highest BCUT2D eigenvalue weighted by atomic mass is 14.7. The van der Waals surface area contributed by atoms with Crippen LogP contribution >= 0.6 is 0 Å². The minimum Gasteiger partial charge on any atom is -0.258 e. The highest BCUT2D eigenvalue weighted by Crippen LogP contribution is 2.21. The van der Waals surface area contributed by atoms with Crippen molar-refractivity contribution >= 4 is 17.5 Å². The van der Waals surface area contributed by atoms with E-state index in [0.717, 1.165) is 17.7 Å². The monoisotopic (exact) mass is 215 g/mol. The maximum atomic E-state index is 4.67. The van der Waals surface area contributed by atoms with E-state index in [1.54, 1.807) is 0 Å². The fourth-order valence-corrected chi connectivity index (χ4v) is 1.57. The SMILES string of the molecule is C=Cc1ccc(C)c(N=C(C)CCCC)c1. The van der Waals surface area contributed by atoms with Crippen LogP contribution < -0.4 is 0 Å². The van der Waals surface area contributed by atoms with Gasteiger partial charge in [-0.1, -0.05) is 38.1 Å². The number of hydrogen-bond donors (Lipinski definition) is 0. The van der Waals surface area contributed by atoms with Crippen molar-refractivity contribution in [2.24, 2.45) is 4.99 Å². The Hall–Kier alpha value is -1.37. The van der Waals surface area contributed by atoms with Gasteiger partial charge in [0.05, 0.1) is 5.69 Å². The van der Waals surface area contributed by atoms with Gasteiger partial charge in [0.2, 0.25) is 0 Å². The van der Waals surface area contributed by atoms with Gasteiger partial charge >= 0.3 is 0 Å². The second-order valence-corrected chi connectivity index (χ2v) is 4.20. The van der Waals surface area contributed by atoms with Crippen LogP contribution in [0.4, 0.5) is 5.69 Å². The van der Waals surface area contributed by atoms with Crippen LogP contribution in [0, 0.1) is 6.92 Å². The van der Waals surface area contributed by atoms with Crippen LogP contribution in [0.3, 0.4) is 0 Å². The average Bonchev–Trinajstić information content (AvgIpc) is 2.29. The molecule has 0 saturated carbocycles. The summed E-state index contributed by atoms with van der Waals surface area (Å²) in [5.74, 6) is 0. The second kappa shape index (κ2) is 6.26. The van der Waals surface area contributed by atoms with Crippen molar-refractivity contribution in [2.45, 2.75) is 40.0 Å². The highest BCUT2D eigenvalue weighted by Gasteiger charge is 1.98. The number of nitrogens with zero attached hydrogens (tertiary/aromatic N) is 1. The molecule has 0 bridgehead atoms. The number of aryl methyl sites for hydroxylation is 1. The molecular formula is C15H21N. The molecule has 0 aromatic heterocycles. The van der Waals surface area contributed by atoms with Gasteiger partial charge in [-0.15, -0.1) is 0 Å². The fraction of sp³-hybridized carbons (Fsp3) is 0.400. The lowest BCUT2D eigenvalue weighted by Gasteiger charge is -2.04. The second-order valence-electron chi connectivity index (χ2n) is 4.20. The molecule has 0 aliphatic carbocycles. The Bertz CT molecular complexity index is 388. The van der Waals surface area contributed by atoms with Gasteiger partial charge < -0.3 is 0 Å². The van der Waals surface area contributed by atoms with E-state index in [1.165, 1.54) is 24.1 Å². The standard InChI is InChI=1S/C15H21N/c1-5-7-8-13(4)16-15-11-14(6-2)10-9-12(15)3/h6,9-11H,2,5,7-8H2,1,3-4H3. The number of benzene rings is 1. The molecule has 0 fully saturated rings. The molecule has 0 spiro atoms. The predicted molar refractivity (Wildman–Crippen MR) is 73.6 cm³/mol. The number of aliphatic imine (C=N–C) groups is 1. The molecule has 0 radical (unpaired) electrons. The van der Waals surface area contributed by atoms with Crippen LogP contribution in [-0.4, -0.2) is 5.71 Å². The lowest BCUT2D eigenvalue weighted by Crippen LogP contribution is -1.90. The van der Waals surface area contributed by atoms with Crippen molar-refractivity contribution in [3.8, 4) is 0 Å². The van der Waals surface area contributed by atoms with Gasteiger partial charge in [-0.2, -0.15) is 0 Å². The minimum atomic E-state index is 1.08. The third-order valence-corrected chi connectivity index (χ3v) is 2.67. The van der Waals surface area contributed by atoms with Crippen LogP contribution in [0.5, 0.6) is 0 Å². The van der Waals surface area contributed by atoms with Crippen molar-refractivity contribution in [1.82, 2.24) is 0 Å². The smallest absolute Gasteiger partial charge is 0.0663 e. The summed E-state index contributed by atoms with van der Waals surface area (Å²) in [6, 6.07) is 6.27. The van der Waals surface area contributed by atoms with Gasteiger partial charge in [-0.25, -0.2) is 0 Å². The summed E-state index contributed by atoms with van der Waals surface area (Å²) < 4.78 is 0. The normalized spacial score (nSPS) is 11.6. The third kappa shape index (κ3) is 3.65. The zero-order valence-corrected chi connectivity index (χ0v) is 10.6. The summed E-state index contributed by atoms with van der Waals surface area (Å²) in [5.41, 5.74) is 4.64. The Kier molecular flexibility index (Phi) is 4.97. The Morgan fingerprint density at radius 3 is 2.81 bits per heavy atom. The molecule has 0 saturated heterocycles. The molecule has 0 aliphatic heterocycles. The summed E-state index contributed by atoms with van der Waals surface area (Å²) in [7, 11) is 0.